The third-order valence-electron chi connectivity index (χ3n) is 6.59. The fraction of sp³-hybridized carbons (Fsp3) is 0.737. The zero-order valence-electron chi connectivity index (χ0n) is 21.9. The van der Waals surface area contributed by atoms with Crippen molar-refractivity contribution in [3.8, 4) is 0 Å². The number of alkyl halides is 1. The van der Waals surface area contributed by atoms with Crippen LogP contribution in [0.4, 0.5) is 10.2 Å². The number of rotatable bonds is 11. The smallest absolute Gasteiger partial charge is 0.393 e. The Balaban J connectivity index is 1.42. The number of hydrogen-bond acceptors (Lipinski definition) is 17. The Morgan fingerprint density at radius 1 is 1.17 bits per heavy atom. The Kier molecular flexibility index (Phi) is 10.3. The first-order valence-corrected chi connectivity index (χ1v) is 16.2. The lowest BCUT2D eigenvalue weighted by molar-refractivity contribution is -0.287. The average molecular weight is 664 g/mol. The van der Waals surface area contributed by atoms with E-state index in [2.05, 4.69) is 23.9 Å². The summed E-state index contributed by atoms with van der Waals surface area (Å²) in [5, 5.41) is 54.0. The second-order valence-electron chi connectivity index (χ2n) is 9.66. The monoisotopic (exact) mass is 664 g/mol. The molecule has 2 aromatic rings. The number of anilines is 1. The Morgan fingerprint density at radius 2 is 1.86 bits per heavy atom. The van der Waals surface area contributed by atoms with E-state index in [0.29, 0.717) is 5.69 Å². The van der Waals surface area contributed by atoms with Crippen LogP contribution in [0.5, 0.6) is 0 Å². The molecule has 0 radical (unpaired) electrons. The van der Waals surface area contributed by atoms with Crippen LogP contribution in [0.2, 0.25) is 0 Å². The van der Waals surface area contributed by atoms with Crippen LogP contribution in [0, 0.1) is 0 Å². The number of nitrogens with zero attached hydrogens (tertiary/aromatic N) is 5. The molecule has 238 valence electrons. The Hall–Kier alpha value is -1.36. The van der Waals surface area contributed by atoms with Crippen molar-refractivity contribution in [2.75, 3.05) is 33.0 Å². The van der Waals surface area contributed by atoms with Gasteiger partial charge in [0.2, 0.25) is 0 Å². The molecule has 0 spiro atoms. The lowest BCUT2D eigenvalue weighted by Crippen LogP contribution is -2.60. The maximum absolute atomic E-state index is 13.9. The normalized spacial score (nSPS) is 35.7. The number of phosphoric acid groups is 1. The zero-order chi connectivity index (χ0) is 31.1. The van der Waals surface area contributed by atoms with E-state index in [0.717, 1.165) is 0 Å². The molecule has 0 bridgehead atoms. The van der Waals surface area contributed by atoms with Crippen molar-refractivity contribution in [2.45, 2.75) is 61.2 Å². The SMILES string of the molecule is CN(C)[C@@H]1[C@H](O)[C@@H](COP(O)(=S)OP(=O)(O)OC2OC([C@@H](F)CO)C(O)C(O)C2O)O[C@H]1c1cnc2c(N)ncnn12. The molecule has 0 saturated carbocycles. The molecule has 2 aliphatic heterocycles. The van der Waals surface area contributed by atoms with E-state index in [1.54, 1.807) is 19.0 Å². The molecule has 7 unspecified atom stereocenters. The number of nitrogens with two attached hydrogens (primary N) is 1. The maximum Gasteiger partial charge on any atom is 0.481 e. The summed E-state index contributed by atoms with van der Waals surface area (Å²) in [6.45, 7) is -6.44. The number of imidazole rings is 1. The summed E-state index contributed by atoms with van der Waals surface area (Å²) in [7, 11) is -2.11. The van der Waals surface area contributed by atoms with Gasteiger partial charge in [0.15, 0.2) is 23.9 Å². The number of halogens is 1. The summed E-state index contributed by atoms with van der Waals surface area (Å²) in [6.07, 6.45) is -13.4. The first kappa shape index (κ1) is 33.5. The van der Waals surface area contributed by atoms with Crippen LogP contribution in [0.1, 0.15) is 11.8 Å². The summed E-state index contributed by atoms with van der Waals surface area (Å²) in [4.78, 5) is 30.3. The summed E-state index contributed by atoms with van der Waals surface area (Å²) in [5.41, 5.74) is 6.49. The molecule has 23 heteroatoms. The third-order valence-corrected chi connectivity index (χ3v) is 10.1. The average Bonchev–Trinajstić information content (AvgIpc) is 3.48. The quantitative estimate of drug-likeness (QED) is 0.111. The number of ether oxygens (including phenoxy) is 2. The minimum atomic E-state index is -5.46. The van der Waals surface area contributed by atoms with Crippen LogP contribution in [-0.4, -0.2) is 142 Å². The topological polar surface area (TPSA) is 277 Å². The molecule has 9 N–H and O–H groups in total. The van der Waals surface area contributed by atoms with Crippen LogP contribution in [0.25, 0.3) is 5.65 Å². The summed E-state index contributed by atoms with van der Waals surface area (Å²) in [5.74, 6) is 0.107. The van der Waals surface area contributed by atoms with Crippen molar-refractivity contribution >= 4 is 37.8 Å². The number of hydrogen-bond donors (Lipinski definition) is 8. The van der Waals surface area contributed by atoms with Crippen LogP contribution < -0.4 is 5.73 Å². The number of aliphatic hydroxyl groups is 5. The maximum atomic E-state index is 13.9. The van der Waals surface area contributed by atoms with Crippen LogP contribution >= 0.6 is 14.5 Å². The number of fused-ring (bicyclic) bond motifs is 1. The molecule has 2 aromatic heterocycles. The Bertz CT molecular complexity index is 1350. The molecule has 19 nitrogen and oxygen atoms in total. The highest BCUT2D eigenvalue weighted by atomic mass is 32.5. The Labute approximate surface area is 242 Å². The number of aliphatic hydroxyl groups excluding tert-OH is 5. The first-order chi connectivity index (χ1) is 19.6. The molecule has 4 heterocycles. The van der Waals surface area contributed by atoms with E-state index in [4.69, 9.17) is 36.6 Å². The predicted molar refractivity (Wildman–Crippen MR) is 139 cm³/mol. The predicted octanol–water partition coefficient (Wildman–Crippen LogP) is -3.06. The van der Waals surface area contributed by atoms with Gasteiger partial charge in [0, 0.05) is 0 Å². The highest BCUT2D eigenvalue weighted by Crippen LogP contribution is 2.62. The van der Waals surface area contributed by atoms with E-state index < -0.39 is 89.0 Å². The molecule has 0 amide bonds. The van der Waals surface area contributed by atoms with Gasteiger partial charge in [0.25, 0.3) is 0 Å². The molecule has 2 aliphatic rings. The first-order valence-electron chi connectivity index (χ1n) is 12.2. The summed E-state index contributed by atoms with van der Waals surface area (Å²) >= 11 is 4.79. The van der Waals surface area contributed by atoms with Crippen LogP contribution in [0.15, 0.2) is 12.5 Å². The van der Waals surface area contributed by atoms with Gasteiger partial charge in [-0.25, -0.2) is 27.7 Å². The molecular weight excluding hydrogens is 633 g/mol. The molecule has 2 saturated heterocycles. The van der Waals surface area contributed by atoms with Gasteiger partial charge >= 0.3 is 14.5 Å². The summed E-state index contributed by atoms with van der Waals surface area (Å²) in [6, 6.07) is -0.697. The molecule has 42 heavy (non-hydrogen) atoms. The van der Waals surface area contributed by atoms with Crippen molar-refractivity contribution in [3.05, 3.63) is 18.2 Å². The van der Waals surface area contributed by atoms with Crippen LogP contribution in [0.3, 0.4) is 0 Å². The van der Waals surface area contributed by atoms with E-state index in [1.165, 1.54) is 17.0 Å². The highest BCUT2D eigenvalue weighted by molar-refractivity contribution is 8.08. The minimum Gasteiger partial charge on any atom is -0.393 e. The fourth-order valence-corrected chi connectivity index (χ4v) is 7.69. The number of nitrogen functional groups attached to an aromatic ring is 1. The largest absolute Gasteiger partial charge is 0.481 e. The van der Waals surface area contributed by atoms with Crippen LogP contribution in [-0.2, 0) is 39.2 Å². The molecule has 0 aromatic carbocycles. The minimum absolute atomic E-state index is 0.107. The van der Waals surface area contributed by atoms with E-state index in [-0.39, 0.29) is 11.5 Å². The molecular formula is C19H31FN6O13P2S. The van der Waals surface area contributed by atoms with Crippen molar-refractivity contribution in [1.82, 2.24) is 24.5 Å². The van der Waals surface area contributed by atoms with Gasteiger partial charge in [-0.15, -0.1) is 0 Å². The molecule has 12 atom stereocenters. The number of likely N-dealkylation sites (N-methyl/N-ethyl adjacent to an activating group) is 1. The fourth-order valence-electron chi connectivity index (χ4n) is 4.59. The molecule has 2 fully saturated rings. The van der Waals surface area contributed by atoms with Gasteiger partial charge < -0.3 is 60.0 Å². The number of phosphoric ester groups is 1. The lowest BCUT2D eigenvalue weighted by Gasteiger charge is -2.41. The third kappa shape index (κ3) is 6.97. The zero-order valence-corrected chi connectivity index (χ0v) is 24.5. The second-order valence-corrected chi connectivity index (χ2v) is 14.0. The van der Waals surface area contributed by atoms with Gasteiger partial charge in [0.1, 0.15) is 49.1 Å². The van der Waals surface area contributed by atoms with E-state index in [9.17, 15) is 39.2 Å². The molecule has 4 rings (SSSR count). The van der Waals surface area contributed by atoms with E-state index in [1.807, 2.05) is 0 Å². The van der Waals surface area contributed by atoms with Gasteiger partial charge in [0.05, 0.1) is 31.1 Å². The van der Waals surface area contributed by atoms with Gasteiger partial charge in [-0.05, 0) is 25.9 Å². The van der Waals surface area contributed by atoms with Crippen molar-refractivity contribution in [2.24, 2.45) is 0 Å². The van der Waals surface area contributed by atoms with Gasteiger partial charge in [-0.1, -0.05) is 0 Å². The van der Waals surface area contributed by atoms with Gasteiger partial charge in [-0.3, -0.25) is 4.52 Å². The standard InChI is InChI=1S/C19H31FN6O13P2S/c1-25(2)10-11(28)9(36-16(10)8-3-22-18-17(21)23-6-24-26(8)18)5-35-41(34,42)39-40(32,33)38-19-14(31)12(29)13(30)15(37-19)7(20)4-27/h3,6-7,9-16,19,27-31H,4-5H2,1-2H3,(H,32,33)(H,34,42)(H2,21,23,24)/t7-,9+,10+,11+,12?,13?,14?,15?,16-,19?,41?/m0/s1. The second kappa shape index (κ2) is 12.9. The highest BCUT2D eigenvalue weighted by Gasteiger charge is 2.51. The van der Waals surface area contributed by atoms with Gasteiger partial charge in [-0.2, -0.15) is 5.10 Å². The van der Waals surface area contributed by atoms with Crippen molar-refractivity contribution in [3.63, 3.8) is 0 Å². The van der Waals surface area contributed by atoms with E-state index >= 15 is 0 Å². The number of aromatic nitrogens is 4. The van der Waals surface area contributed by atoms with Crippen molar-refractivity contribution in [1.29, 1.82) is 0 Å². The molecule has 0 aliphatic carbocycles. The Morgan fingerprint density at radius 3 is 2.50 bits per heavy atom. The summed E-state index contributed by atoms with van der Waals surface area (Å²) < 4.78 is 53.1. The van der Waals surface area contributed by atoms with Crippen molar-refractivity contribution < 1.29 is 67.1 Å². The lowest BCUT2D eigenvalue weighted by atomic mass is 9.96.